The number of aryl methyl sites for hydroxylation is 1. The Morgan fingerprint density at radius 2 is 2.21 bits per heavy atom. The average molecular weight is 261 g/mol. The first-order chi connectivity index (χ1) is 9.19. The summed E-state index contributed by atoms with van der Waals surface area (Å²) < 4.78 is 6.94. The van der Waals surface area contributed by atoms with Gasteiger partial charge in [-0.1, -0.05) is 23.4 Å². The van der Waals surface area contributed by atoms with Crippen molar-refractivity contribution in [2.75, 3.05) is 7.11 Å². The standard InChI is InChI=1S/C13H15N3O3/c1-19-12-5-3-2-4-10(12)8-16-9-11(14-15-16)6-7-13(17)18/h2-5,9H,6-8H2,1H3,(H,17,18). The van der Waals surface area contributed by atoms with Crippen molar-refractivity contribution < 1.29 is 14.6 Å². The van der Waals surface area contributed by atoms with Crippen molar-refractivity contribution >= 4 is 5.97 Å². The second kappa shape index (κ2) is 5.99. The van der Waals surface area contributed by atoms with E-state index in [1.54, 1.807) is 18.0 Å². The zero-order valence-corrected chi connectivity index (χ0v) is 10.6. The lowest BCUT2D eigenvalue weighted by Gasteiger charge is -2.07. The van der Waals surface area contributed by atoms with Crippen molar-refractivity contribution in [2.24, 2.45) is 0 Å². The average Bonchev–Trinajstić information content (AvgIpc) is 2.85. The predicted molar refractivity (Wildman–Crippen MR) is 68.1 cm³/mol. The highest BCUT2D eigenvalue weighted by atomic mass is 16.5. The summed E-state index contributed by atoms with van der Waals surface area (Å²) in [6, 6.07) is 7.68. The summed E-state index contributed by atoms with van der Waals surface area (Å²) in [4.78, 5) is 10.5. The molecule has 0 aliphatic rings. The largest absolute Gasteiger partial charge is 0.496 e. The van der Waals surface area contributed by atoms with Crippen LogP contribution in [0.4, 0.5) is 0 Å². The molecule has 0 radical (unpaired) electrons. The summed E-state index contributed by atoms with van der Waals surface area (Å²) in [6.45, 7) is 0.546. The second-order valence-corrected chi connectivity index (χ2v) is 4.11. The van der Waals surface area contributed by atoms with Crippen LogP contribution in [-0.2, 0) is 17.8 Å². The first kappa shape index (κ1) is 13.1. The molecule has 2 aromatic rings. The maximum absolute atomic E-state index is 10.5. The van der Waals surface area contributed by atoms with Gasteiger partial charge in [-0.05, 0) is 6.07 Å². The first-order valence-corrected chi connectivity index (χ1v) is 5.91. The minimum Gasteiger partial charge on any atom is -0.496 e. The molecule has 0 saturated carbocycles. The second-order valence-electron chi connectivity index (χ2n) is 4.11. The summed E-state index contributed by atoms with van der Waals surface area (Å²) in [5.74, 6) is -0.0376. The Kier molecular flexibility index (Phi) is 4.12. The molecule has 0 saturated heterocycles. The topological polar surface area (TPSA) is 77.2 Å². The fourth-order valence-corrected chi connectivity index (χ4v) is 1.77. The van der Waals surface area contributed by atoms with Crippen LogP contribution in [0.5, 0.6) is 5.75 Å². The Labute approximate surface area is 110 Å². The molecule has 0 unspecified atom stereocenters. The van der Waals surface area contributed by atoms with E-state index < -0.39 is 5.97 Å². The smallest absolute Gasteiger partial charge is 0.303 e. The number of nitrogens with zero attached hydrogens (tertiary/aromatic N) is 3. The number of carboxylic acid groups (broad SMARTS) is 1. The summed E-state index contributed by atoms with van der Waals surface area (Å²) in [7, 11) is 1.62. The highest BCUT2D eigenvalue weighted by Crippen LogP contribution is 2.18. The van der Waals surface area contributed by atoms with Crippen molar-refractivity contribution in [3.63, 3.8) is 0 Å². The monoisotopic (exact) mass is 261 g/mol. The molecule has 2 rings (SSSR count). The first-order valence-electron chi connectivity index (χ1n) is 5.91. The van der Waals surface area contributed by atoms with Gasteiger partial charge in [0.2, 0.25) is 0 Å². The lowest BCUT2D eigenvalue weighted by Crippen LogP contribution is -2.02. The fourth-order valence-electron chi connectivity index (χ4n) is 1.77. The van der Waals surface area contributed by atoms with Crippen LogP contribution in [0.3, 0.4) is 0 Å². The molecule has 0 aliphatic heterocycles. The molecule has 1 aromatic heterocycles. The van der Waals surface area contributed by atoms with Crippen molar-refractivity contribution in [3.05, 3.63) is 41.7 Å². The molecular formula is C13H15N3O3. The lowest BCUT2D eigenvalue weighted by molar-refractivity contribution is -0.136. The summed E-state index contributed by atoms with van der Waals surface area (Å²) in [6.07, 6.45) is 2.21. The molecule has 1 aromatic carbocycles. The number of hydrogen-bond donors (Lipinski definition) is 1. The van der Waals surface area contributed by atoms with Gasteiger partial charge in [-0.25, -0.2) is 4.68 Å². The number of aliphatic carboxylic acids is 1. The van der Waals surface area contributed by atoms with Gasteiger partial charge >= 0.3 is 5.97 Å². The van der Waals surface area contributed by atoms with Crippen LogP contribution in [0.15, 0.2) is 30.5 Å². The number of carbonyl (C=O) groups is 1. The molecule has 0 bridgehead atoms. The third-order valence-electron chi connectivity index (χ3n) is 2.71. The molecule has 0 fully saturated rings. The molecular weight excluding hydrogens is 246 g/mol. The quantitative estimate of drug-likeness (QED) is 0.849. The number of hydrogen-bond acceptors (Lipinski definition) is 4. The number of carboxylic acids is 1. The number of ether oxygens (including phenoxy) is 1. The number of rotatable bonds is 6. The van der Waals surface area contributed by atoms with Crippen molar-refractivity contribution in [1.82, 2.24) is 15.0 Å². The third kappa shape index (κ3) is 3.54. The number of aromatic nitrogens is 3. The Morgan fingerprint density at radius 1 is 1.42 bits per heavy atom. The van der Waals surface area contributed by atoms with Crippen molar-refractivity contribution in [2.45, 2.75) is 19.4 Å². The fraction of sp³-hybridized carbons (Fsp3) is 0.308. The highest BCUT2D eigenvalue weighted by molar-refractivity contribution is 5.66. The van der Waals surface area contributed by atoms with Crippen LogP contribution >= 0.6 is 0 Å². The van der Waals surface area contributed by atoms with Gasteiger partial charge in [0.1, 0.15) is 5.75 Å². The van der Waals surface area contributed by atoms with E-state index in [0.717, 1.165) is 11.3 Å². The van der Waals surface area contributed by atoms with E-state index in [0.29, 0.717) is 18.7 Å². The number of para-hydroxylation sites is 1. The molecule has 1 N–H and O–H groups in total. The van der Waals surface area contributed by atoms with E-state index in [2.05, 4.69) is 10.3 Å². The van der Waals surface area contributed by atoms with Gasteiger partial charge in [-0.3, -0.25) is 4.79 Å². The molecule has 6 heteroatoms. The third-order valence-corrected chi connectivity index (χ3v) is 2.71. The van der Waals surface area contributed by atoms with Gasteiger partial charge in [0.15, 0.2) is 0 Å². The zero-order chi connectivity index (χ0) is 13.7. The maximum Gasteiger partial charge on any atom is 0.303 e. The number of benzene rings is 1. The van der Waals surface area contributed by atoms with Gasteiger partial charge in [0, 0.05) is 18.2 Å². The van der Waals surface area contributed by atoms with E-state index in [9.17, 15) is 4.79 Å². The Bertz CT molecular complexity index is 566. The number of methoxy groups -OCH3 is 1. The Balaban J connectivity index is 2.05. The SMILES string of the molecule is COc1ccccc1Cn1cc(CCC(=O)O)nn1. The molecule has 0 amide bonds. The van der Waals surface area contributed by atoms with E-state index in [1.807, 2.05) is 24.3 Å². The molecule has 6 nitrogen and oxygen atoms in total. The van der Waals surface area contributed by atoms with Crippen LogP contribution in [-0.4, -0.2) is 33.2 Å². The van der Waals surface area contributed by atoms with Crippen LogP contribution in [0, 0.1) is 0 Å². The highest BCUT2D eigenvalue weighted by Gasteiger charge is 2.06. The van der Waals surface area contributed by atoms with E-state index in [1.165, 1.54) is 0 Å². The molecule has 0 atom stereocenters. The van der Waals surface area contributed by atoms with Gasteiger partial charge in [-0.2, -0.15) is 0 Å². The lowest BCUT2D eigenvalue weighted by atomic mass is 10.2. The molecule has 0 spiro atoms. The van der Waals surface area contributed by atoms with Crippen LogP contribution in [0.1, 0.15) is 17.7 Å². The molecule has 19 heavy (non-hydrogen) atoms. The van der Waals surface area contributed by atoms with Crippen molar-refractivity contribution in [3.8, 4) is 5.75 Å². The van der Waals surface area contributed by atoms with Crippen molar-refractivity contribution in [1.29, 1.82) is 0 Å². The van der Waals surface area contributed by atoms with Gasteiger partial charge in [0.05, 0.1) is 25.8 Å². The van der Waals surface area contributed by atoms with Crippen LogP contribution < -0.4 is 4.74 Å². The Hall–Kier alpha value is -2.37. The zero-order valence-electron chi connectivity index (χ0n) is 10.6. The van der Waals surface area contributed by atoms with E-state index >= 15 is 0 Å². The van der Waals surface area contributed by atoms with E-state index in [-0.39, 0.29) is 6.42 Å². The Morgan fingerprint density at radius 3 is 2.95 bits per heavy atom. The predicted octanol–water partition coefficient (Wildman–Crippen LogP) is 1.35. The molecule has 1 heterocycles. The molecule has 0 aliphatic carbocycles. The molecule has 100 valence electrons. The van der Waals surface area contributed by atoms with Crippen LogP contribution in [0.2, 0.25) is 0 Å². The van der Waals surface area contributed by atoms with Gasteiger partial charge < -0.3 is 9.84 Å². The van der Waals surface area contributed by atoms with Gasteiger partial charge in [0.25, 0.3) is 0 Å². The minimum absolute atomic E-state index is 0.0628. The maximum atomic E-state index is 10.5. The summed E-state index contributed by atoms with van der Waals surface area (Å²) in [5, 5.41) is 16.5. The summed E-state index contributed by atoms with van der Waals surface area (Å²) >= 11 is 0. The van der Waals surface area contributed by atoms with E-state index in [4.69, 9.17) is 9.84 Å². The normalized spacial score (nSPS) is 10.4. The van der Waals surface area contributed by atoms with Gasteiger partial charge in [-0.15, -0.1) is 5.10 Å². The summed E-state index contributed by atoms with van der Waals surface area (Å²) in [5.41, 5.74) is 1.68. The minimum atomic E-state index is -0.834. The van der Waals surface area contributed by atoms with Crippen LogP contribution in [0.25, 0.3) is 0 Å².